The standard InChI is InChI=1S/C14H15FN2O3/c15-12-7-10(8-16)1-2-13(12)17-5-3-11(4-6-17)20-9-14(18)19/h1-2,7,11H,3-6,9H2,(H,18,19). The lowest BCUT2D eigenvalue weighted by Crippen LogP contribution is -2.38. The lowest BCUT2D eigenvalue weighted by Gasteiger charge is -2.33. The number of nitrogens with zero attached hydrogens (tertiary/aromatic N) is 2. The minimum absolute atomic E-state index is 0.0937. The Morgan fingerprint density at radius 3 is 2.75 bits per heavy atom. The van der Waals surface area contributed by atoms with Crippen LogP contribution < -0.4 is 4.90 Å². The second kappa shape index (κ2) is 6.35. The molecule has 2 rings (SSSR count). The second-order valence-electron chi connectivity index (χ2n) is 4.67. The lowest BCUT2D eigenvalue weighted by atomic mass is 10.1. The van der Waals surface area contributed by atoms with E-state index < -0.39 is 11.8 Å². The topological polar surface area (TPSA) is 73.6 Å². The number of benzene rings is 1. The molecule has 1 fully saturated rings. The third kappa shape index (κ3) is 3.45. The zero-order valence-corrected chi connectivity index (χ0v) is 10.9. The van der Waals surface area contributed by atoms with E-state index in [0.717, 1.165) is 0 Å². The Morgan fingerprint density at radius 1 is 1.50 bits per heavy atom. The van der Waals surface area contributed by atoms with Gasteiger partial charge in [-0.15, -0.1) is 0 Å². The van der Waals surface area contributed by atoms with Crippen LogP contribution >= 0.6 is 0 Å². The molecule has 0 radical (unpaired) electrons. The third-order valence-electron chi connectivity index (χ3n) is 3.30. The molecule has 20 heavy (non-hydrogen) atoms. The summed E-state index contributed by atoms with van der Waals surface area (Å²) in [5.41, 5.74) is 0.770. The number of halogens is 1. The summed E-state index contributed by atoms with van der Waals surface area (Å²) in [5, 5.41) is 17.3. The molecule has 1 heterocycles. The van der Waals surface area contributed by atoms with Gasteiger partial charge in [0, 0.05) is 13.1 Å². The molecule has 0 atom stereocenters. The van der Waals surface area contributed by atoms with Crippen LogP contribution in [0.25, 0.3) is 0 Å². The Morgan fingerprint density at radius 2 is 2.20 bits per heavy atom. The van der Waals surface area contributed by atoms with Crippen LogP contribution in [0.2, 0.25) is 0 Å². The predicted octanol–water partition coefficient (Wildman–Crippen LogP) is 1.77. The first-order valence-corrected chi connectivity index (χ1v) is 6.38. The van der Waals surface area contributed by atoms with Crippen LogP contribution in [0.5, 0.6) is 0 Å². The first kappa shape index (κ1) is 14.3. The number of hydrogen-bond acceptors (Lipinski definition) is 4. The maximum atomic E-state index is 13.9. The molecule has 0 spiro atoms. The van der Waals surface area contributed by atoms with Gasteiger partial charge in [0.25, 0.3) is 0 Å². The Labute approximate surface area is 116 Å². The van der Waals surface area contributed by atoms with E-state index >= 15 is 0 Å². The van der Waals surface area contributed by atoms with E-state index in [-0.39, 0.29) is 12.7 Å². The summed E-state index contributed by atoms with van der Waals surface area (Å²) in [4.78, 5) is 12.3. The fourth-order valence-corrected chi connectivity index (χ4v) is 2.29. The molecule has 1 aromatic rings. The molecule has 0 unspecified atom stereocenters. The molecule has 1 N–H and O–H groups in total. The number of carbonyl (C=O) groups is 1. The number of anilines is 1. The van der Waals surface area contributed by atoms with Crippen molar-refractivity contribution < 1.29 is 19.0 Å². The number of aliphatic carboxylic acids is 1. The highest BCUT2D eigenvalue weighted by atomic mass is 19.1. The zero-order valence-electron chi connectivity index (χ0n) is 10.9. The molecule has 1 aromatic carbocycles. The van der Waals surface area contributed by atoms with E-state index in [0.29, 0.717) is 37.2 Å². The summed E-state index contributed by atoms with van der Waals surface area (Å²) >= 11 is 0. The molecule has 0 aliphatic carbocycles. The second-order valence-corrected chi connectivity index (χ2v) is 4.67. The van der Waals surface area contributed by atoms with Crippen molar-refractivity contribution in [2.75, 3.05) is 24.6 Å². The Kier molecular flexibility index (Phi) is 4.53. The van der Waals surface area contributed by atoms with E-state index in [1.165, 1.54) is 6.07 Å². The third-order valence-corrected chi connectivity index (χ3v) is 3.30. The van der Waals surface area contributed by atoms with Crippen molar-refractivity contribution in [3.63, 3.8) is 0 Å². The van der Waals surface area contributed by atoms with Gasteiger partial charge < -0.3 is 14.7 Å². The van der Waals surface area contributed by atoms with Crippen molar-refractivity contribution in [2.45, 2.75) is 18.9 Å². The van der Waals surface area contributed by atoms with Crippen molar-refractivity contribution >= 4 is 11.7 Å². The van der Waals surface area contributed by atoms with Crippen molar-refractivity contribution in [3.8, 4) is 6.07 Å². The summed E-state index contributed by atoms with van der Waals surface area (Å²) in [6, 6.07) is 6.31. The van der Waals surface area contributed by atoms with E-state index in [2.05, 4.69) is 0 Å². The smallest absolute Gasteiger partial charge is 0.329 e. The van der Waals surface area contributed by atoms with E-state index in [4.69, 9.17) is 15.1 Å². The number of piperidine rings is 1. The Balaban J connectivity index is 1.94. The molecular formula is C14H15FN2O3. The number of ether oxygens (including phenoxy) is 1. The van der Waals surface area contributed by atoms with Gasteiger partial charge in [-0.05, 0) is 31.0 Å². The summed E-state index contributed by atoms with van der Waals surface area (Å²) in [7, 11) is 0. The Hall–Kier alpha value is -2.13. The van der Waals surface area contributed by atoms with Gasteiger partial charge in [-0.25, -0.2) is 9.18 Å². The van der Waals surface area contributed by atoms with Crippen molar-refractivity contribution in [1.82, 2.24) is 0 Å². The molecule has 1 saturated heterocycles. The van der Waals surface area contributed by atoms with E-state index in [9.17, 15) is 9.18 Å². The van der Waals surface area contributed by atoms with Gasteiger partial charge in [0.2, 0.25) is 0 Å². The SMILES string of the molecule is N#Cc1ccc(N2CCC(OCC(=O)O)CC2)c(F)c1. The fraction of sp³-hybridized carbons (Fsp3) is 0.429. The van der Waals surface area contributed by atoms with Crippen molar-refractivity contribution in [3.05, 3.63) is 29.6 Å². The monoisotopic (exact) mass is 278 g/mol. The molecule has 0 aromatic heterocycles. The highest BCUT2D eigenvalue weighted by Crippen LogP contribution is 2.24. The highest BCUT2D eigenvalue weighted by molar-refractivity contribution is 5.68. The molecule has 0 bridgehead atoms. The van der Waals surface area contributed by atoms with Crippen LogP contribution in [0.15, 0.2) is 18.2 Å². The quantitative estimate of drug-likeness (QED) is 0.908. The zero-order chi connectivity index (χ0) is 14.5. The molecule has 0 saturated carbocycles. The van der Waals surface area contributed by atoms with Gasteiger partial charge in [-0.2, -0.15) is 5.26 Å². The van der Waals surface area contributed by atoms with Gasteiger partial charge in [-0.1, -0.05) is 0 Å². The van der Waals surface area contributed by atoms with Gasteiger partial charge in [0.1, 0.15) is 12.4 Å². The van der Waals surface area contributed by atoms with Gasteiger partial charge >= 0.3 is 5.97 Å². The van der Waals surface area contributed by atoms with E-state index in [1.54, 1.807) is 12.1 Å². The predicted molar refractivity (Wildman–Crippen MR) is 69.9 cm³/mol. The fourth-order valence-electron chi connectivity index (χ4n) is 2.29. The largest absolute Gasteiger partial charge is 0.480 e. The number of rotatable bonds is 4. The van der Waals surface area contributed by atoms with Crippen LogP contribution in [-0.4, -0.2) is 36.9 Å². The molecule has 5 nitrogen and oxygen atoms in total. The molecular weight excluding hydrogens is 263 g/mol. The van der Waals surface area contributed by atoms with Gasteiger partial charge in [0.05, 0.1) is 23.4 Å². The molecule has 106 valence electrons. The first-order valence-electron chi connectivity index (χ1n) is 6.38. The Bertz CT molecular complexity index is 534. The lowest BCUT2D eigenvalue weighted by molar-refractivity contribution is -0.144. The molecule has 0 amide bonds. The summed E-state index contributed by atoms with van der Waals surface area (Å²) in [6.45, 7) is 0.913. The normalized spacial score (nSPS) is 15.9. The minimum Gasteiger partial charge on any atom is -0.480 e. The maximum absolute atomic E-state index is 13.9. The van der Waals surface area contributed by atoms with Crippen LogP contribution in [0.4, 0.5) is 10.1 Å². The molecule has 1 aliphatic rings. The summed E-state index contributed by atoms with van der Waals surface area (Å²) < 4.78 is 19.1. The maximum Gasteiger partial charge on any atom is 0.329 e. The van der Waals surface area contributed by atoms with Crippen LogP contribution in [0, 0.1) is 17.1 Å². The summed E-state index contributed by atoms with van der Waals surface area (Å²) in [5.74, 6) is -1.39. The van der Waals surface area contributed by atoms with Gasteiger partial charge in [0.15, 0.2) is 0 Å². The molecule has 1 aliphatic heterocycles. The number of carboxylic acids is 1. The minimum atomic E-state index is -0.981. The van der Waals surface area contributed by atoms with Crippen molar-refractivity contribution in [1.29, 1.82) is 5.26 Å². The molecule has 6 heteroatoms. The van der Waals surface area contributed by atoms with E-state index in [1.807, 2.05) is 11.0 Å². The average molecular weight is 278 g/mol. The number of nitriles is 1. The average Bonchev–Trinajstić information content (AvgIpc) is 2.45. The number of hydrogen-bond donors (Lipinski definition) is 1. The number of carboxylic acid groups (broad SMARTS) is 1. The van der Waals surface area contributed by atoms with Crippen molar-refractivity contribution in [2.24, 2.45) is 0 Å². The van der Waals surface area contributed by atoms with Crippen LogP contribution in [-0.2, 0) is 9.53 Å². The highest BCUT2D eigenvalue weighted by Gasteiger charge is 2.22. The summed E-state index contributed by atoms with van der Waals surface area (Å²) in [6.07, 6.45) is 1.23. The van der Waals surface area contributed by atoms with Gasteiger partial charge in [-0.3, -0.25) is 0 Å². The van der Waals surface area contributed by atoms with Crippen LogP contribution in [0.1, 0.15) is 18.4 Å². The van der Waals surface area contributed by atoms with Crippen LogP contribution in [0.3, 0.4) is 0 Å². The first-order chi connectivity index (χ1) is 9.60.